The fourth-order valence-electron chi connectivity index (χ4n) is 3.96. The number of anilines is 1. The van der Waals surface area contributed by atoms with Crippen LogP contribution >= 0.6 is 11.9 Å². The highest BCUT2D eigenvalue weighted by Gasteiger charge is 2.29. The van der Waals surface area contributed by atoms with Gasteiger partial charge in [-0.1, -0.05) is 6.07 Å². The maximum absolute atomic E-state index is 13.7. The van der Waals surface area contributed by atoms with Crippen molar-refractivity contribution >= 4 is 29.3 Å². The minimum absolute atomic E-state index is 0.170. The van der Waals surface area contributed by atoms with Crippen molar-refractivity contribution in [3.63, 3.8) is 0 Å². The van der Waals surface area contributed by atoms with E-state index in [4.69, 9.17) is 11.1 Å². The van der Waals surface area contributed by atoms with Crippen molar-refractivity contribution in [3.8, 4) is 0 Å². The number of halogens is 1. The molecule has 0 aliphatic carbocycles. The lowest BCUT2D eigenvalue weighted by molar-refractivity contribution is 0.305. The molecule has 6 nitrogen and oxygen atoms in total. The van der Waals surface area contributed by atoms with Crippen LogP contribution < -0.4 is 15.4 Å². The Kier molecular flexibility index (Phi) is 5.30. The number of rotatable bonds is 3. The molecule has 1 fully saturated rings. The highest BCUT2D eigenvalue weighted by molar-refractivity contribution is 8.02. The second kappa shape index (κ2) is 7.87. The first kappa shape index (κ1) is 18.9. The number of aliphatic imine (C=N–C) groups is 1. The molecule has 0 aromatic heterocycles. The molecule has 8 heteroatoms. The molecule has 0 amide bonds. The summed E-state index contributed by atoms with van der Waals surface area (Å²) in [7, 11) is 0. The number of hydrogen-bond acceptors (Lipinski definition) is 6. The van der Waals surface area contributed by atoms with Gasteiger partial charge in [0.2, 0.25) is 0 Å². The third kappa shape index (κ3) is 3.87. The third-order valence-electron chi connectivity index (χ3n) is 5.46. The number of fused-ring (bicyclic) bond motifs is 1. The number of hydrogen-bond donors (Lipinski definition) is 3. The lowest BCUT2D eigenvalue weighted by atomic mass is 10.0. The topological polar surface area (TPSA) is 80.7 Å². The van der Waals surface area contributed by atoms with E-state index in [2.05, 4.69) is 19.5 Å². The maximum atomic E-state index is 13.7. The predicted molar refractivity (Wildman–Crippen MR) is 114 cm³/mol. The van der Waals surface area contributed by atoms with Gasteiger partial charge < -0.3 is 20.3 Å². The van der Waals surface area contributed by atoms with Crippen molar-refractivity contribution in [3.05, 3.63) is 52.5 Å². The van der Waals surface area contributed by atoms with Crippen molar-refractivity contribution in [2.24, 2.45) is 10.7 Å². The number of likely N-dealkylation sites (tertiary alicyclic amines) is 1. The van der Waals surface area contributed by atoms with Gasteiger partial charge in [0.25, 0.3) is 0 Å². The monoisotopic (exact) mass is 400 g/mol. The number of nitrogens with one attached hydrogen (secondary N) is 2. The van der Waals surface area contributed by atoms with Gasteiger partial charge in [0.15, 0.2) is 0 Å². The van der Waals surface area contributed by atoms with Crippen LogP contribution in [0.4, 0.5) is 10.1 Å². The Balaban J connectivity index is 1.34. The summed E-state index contributed by atoms with van der Waals surface area (Å²) in [5.41, 5.74) is 8.90. The van der Waals surface area contributed by atoms with Crippen molar-refractivity contribution < 1.29 is 4.39 Å². The quantitative estimate of drug-likeness (QED) is 0.413. The van der Waals surface area contributed by atoms with Gasteiger partial charge in [-0.15, -0.1) is 0 Å². The largest absolute Gasteiger partial charge is 0.396 e. The highest BCUT2D eigenvalue weighted by atomic mass is 32.2. The Morgan fingerprint density at radius 1 is 1.32 bits per heavy atom. The number of benzene rings is 1. The Morgan fingerprint density at radius 3 is 2.82 bits per heavy atom. The van der Waals surface area contributed by atoms with Crippen LogP contribution in [0.25, 0.3) is 0 Å². The second-order valence-corrected chi connectivity index (χ2v) is 8.11. The molecule has 3 aliphatic rings. The summed E-state index contributed by atoms with van der Waals surface area (Å²) in [6.45, 7) is 4.48. The second-order valence-electron chi connectivity index (χ2n) is 7.32. The van der Waals surface area contributed by atoms with Gasteiger partial charge in [-0.2, -0.15) is 0 Å². The molecule has 0 unspecified atom stereocenters. The minimum Gasteiger partial charge on any atom is -0.396 e. The van der Waals surface area contributed by atoms with Crippen LogP contribution in [-0.4, -0.2) is 42.2 Å². The normalized spacial score (nSPS) is 21.7. The molecule has 3 heterocycles. The fourth-order valence-corrected chi connectivity index (χ4v) is 4.62. The van der Waals surface area contributed by atoms with E-state index < -0.39 is 0 Å². The van der Waals surface area contributed by atoms with E-state index in [1.165, 1.54) is 17.5 Å². The van der Waals surface area contributed by atoms with Crippen LogP contribution in [0, 0.1) is 11.2 Å². The molecule has 1 aromatic rings. The molecule has 1 aromatic carbocycles. The molecular formula is C20H25FN6S. The van der Waals surface area contributed by atoms with Crippen molar-refractivity contribution in [1.82, 2.24) is 9.62 Å². The molecule has 0 atom stereocenters. The number of allylic oxidation sites excluding steroid dienone is 1. The Morgan fingerprint density at radius 2 is 2.11 bits per heavy atom. The molecule has 4 N–H and O–H groups in total. The molecule has 4 rings (SSSR count). The number of nitrogens with two attached hydrogens (primary N) is 1. The zero-order valence-electron chi connectivity index (χ0n) is 15.9. The van der Waals surface area contributed by atoms with Crippen LogP contribution in [0.1, 0.15) is 25.3 Å². The molecular weight excluding hydrogens is 375 g/mol. The van der Waals surface area contributed by atoms with Gasteiger partial charge in [0.1, 0.15) is 22.5 Å². The van der Waals surface area contributed by atoms with E-state index >= 15 is 0 Å². The van der Waals surface area contributed by atoms with Crippen LogP contribution in [0.15, 0.2) is 46.1 Å². The lowest BCUT2D eigenvalue weighted by Crippen LogP contribution is -2.46. The van der Waals surface area contributed by atoms with Gasteiger partial charge in [-0.05, 0) is 56.0 Å². The van der Waals surface area contributed by atoms with Gasteiger partial charge in [0, 0.05) is 43.3 Å². The van der Waals surface area contributed by atoms with Crippen LogP contribution in [0.3, 0.4) is 0 Å². The predicted octanol–water partition coefficient (Wildman–Crippen LogP) is 2.98. The molecule has 1 saturated heterocycles. The van der Waals surface area contributed by atoms with Crippen molar-refractivity contribution in [2.75, 3.05) is 24.5 Å². The van der Waals surface area contributed by atoms with E-state index in [1.807, 2.05) is 13.0 Å². The Bertz CT molecular complexity index is 869. The summed E-state index contributed by atoms with van der Waals surface area (Å²) < 4.78 is 16.7. The minimum atomic E-state index is -0.170. The molecule has 0 bridgehead atoms. The molecule has 0 saturated carbocycles. The van der Waals surface area contributed by atoms with E-state index in [-0.39, 0.29) is 5.82 Å². The maximum Gasteiger partial charge on any atom is 0.142 e. The Labute approximate surface area is 169 Å². The van der Waals surface area contributed by atoms with Gasteiger partial charge in [-0.3, -0.25) is 5.41 Å². The zero-order chi connectivity index (χ0) is 19.7. The first-order valence-corrected chi connectivity index (χ1v) is 10.4. The molecule has 3 aliphatic heterocycles. The average Bonchev–Trinajstić information content (AvgIpc) is 3.32. The standard InChI is InChI=1S/C20H25FN6S/c1-13-24-20(28-25-13)17(22)4-5-19(23)26-9-7-16(8-10-26)27-11-6-14-2-3-15(21)12-18(14)27/h2-5,12,16,23H,6-11,22H2,1H3,(H,24,25)/b5-4-,20-17-,23-19?. The van der Waals surface area contributed by atoms with E-state index in [1.54, 1.807) is 24.3 Å². The summed E-state index contributed by atoms with van der Waals surface area (Å²) in [6.07, 6.45) is 6.40. The van der Waals surface area contributed by atoms with Gasteiger partial charge in [-0.25, -0.2) is 9.38 Å². The Hall–Kier alpha value is -2.48. The third-order valence-corrected chi connectivity index (χ3v) is 6.37. The fraction of sp³-hybridized carbons (Fsp3) is 0.400. The number of nitrogens with zero attached hydrogens (tertiary/aromatic N) is 3. The van der Waals surface area contributed by atoms with Gasteiger partial charge >= 0.3 is 0 Å². The lowest BCUT2D eigenvalue weighted by Gasteiger charge is -2.38. The molecule has 0 radical (unpaired) electrons. The summed E-state index contributed by atoms with van der Waals surface area (Å²) in [5.74, 6) is 1.13. The van der Waals surface area contributed by atoms with Gasteiger partial charge in [0.05, 0.1) is 5.70 Å². The van der Waals surface area contributed by atoms with Crippen molar-refractivity contribution in [2.45, 2.75) is 32.2 Å². The van der Waals surface area contributed by atoms with E-state index in [0.29, 0.717) is 17.6 Å². The first-order valence-electron chi connectivity index (χ1n) is 9.56. The first-order chi connectivity index (χ1) is 13.5. The summed E-state index contributed by atoms with van der Waals surface area (Å²) in [6, 6.07) is 5.52. The summed E-state index contributed by atoms with van der Waals surface area (Å²) in [4.78, 5) is 8.73. The molecule has 0 spiro atoms. The molecule has 148 valence electrons. The summed E-state index contributed by atoms with van der Waals surface area (Å²) >= 11 is 1.39. The van der Waals surface area contributed by atoms with E-state index in [9.17, 15) is 4.39 Å². The number of amidine groups is 2. The van der Waals surface area contributed by atoms with Crippen molar-refractivity contribution in [1.29, 1.82) is 5.41 Å². The molecule has 28 heavy (non-hydrogen) atoms. The smallest absolute Gasteiger partial charge is 0.142 e. The van der Waals surface area contributed by atoms with E-state index in [0.717, 1.165) is 55.4 Å². The van der Waals surface area contributed by atoms with Crippen LogP contribution in [0.2, 0.25) is 0 Å². The summed E-state index contributed by atoms with van der Waals surface area (Å²) in [5, 5.41) is 9.08. The number of piperidine rings is 1. The SMILES string of the molecule is CC1=N/C(=C(N)\C=C/C(=N)N2CCC(N3CCc4ccc(F)cc43)CC2)SN1. The van der Waals surface area contributed by atoms with Crippen LogP contribution in [0.5, 0.6) is 0 Å². The average molecular weight is 401 g/mol. The van der Waals surface area contributed by atoms with Crippen LogP contribution in [-0.2, 0) is 6.42 Å². The highest BCUT2D eigenvalue weighted by Crippen LogP contribution is 2.33. The zero-order valence-corrected chi connectivity index (χ0v) is 16.7.